The number of rotatable bonds is 3. The minimum absolute atomic E-state index is 0.102. The zero-order valence-corrected chi connectivity index (χ0v) is 12.7. The van der Waals surface area contributed by atoms with Gasteiger partial charge in [-0.25, -0.2) is 22.2 Å². The van der Waals surface area contributed by atoms with Crippen LogP contribution in [0.2, 0.25) is 5.15 Å². The number of hydrogen-bond acceptors (Lipinski definition) is 3. The van der Waals surface area contributed by atoms with Crippen molar-refractivity contribution < 1.29 is 17.2 Å². The van der Waals surface area contributed by atoms with Crippen molar-refractivity contribution >= 4 is 43.2 Å². The maximum Gasteiger partial charge on any atom is 0.263 e. The van der Waals surface area contributed by atoms with Crippen molar-refractivity contribution in [2.45, 2.75) is 4.90 Å². The predicted octanol–water partition coefficient (Wildman–Crippen LogP) is 3.58. The number of nitrogens with one attached hydrogen (secondary N) is 1. The summed E-state index contributed by atoms with van der Waals surface area (Å²) in [5.41, 5.74) is -0.761. The third-order valence-corrected chi connectivity index (χ3v) is 4.27. The number of nitrogens with zero attached hydrogens (tertiary/aromatic N) is 1. The first-order valence-electron chi connectivity index (χ1n) is 5.08. The summed E-state index contributed by atoms with van der Waals surface area (Å²) in [6.07, 6.45) is 0.985. The van der Waals surface area contributed by atoms with E-state index in [-0.39, 0.29) is 14.5 Å². The molecule has 106 valence electrons. The van der Waals surface area contributed by atoms with Crippen molar-refractivity contribution in [2.24, 2.45) is 0 Å². The summed E-state index contributed by atoms with van der Waals surface area (Å²) in [6.45, 7) is 0. The Labute approximate surface area is 127 Å². The number of halogens is 4. The monoisotopic (exact) mass is 382 g/mol. The lowest BCUT2D eigenvalue weighted by Crippen LogP contribution is -2.15. The molecule has 1 aromatic heterocycles. The zero-order valence-electron chi connectivity index (χ0n) is 9.57. The summed E-state index contributed by atoms with van der Waals surface area (Å²) >= 11 is 8.44. The van der Waals surface area contributed by atoms with Crippen molar-refractivity contribution in [1.29, 1.82) is 0 Å². The Morgan fingerprint density at radius 2 is 1.80 bits per heavy atom. The van der Waals surface area contributed by atoms with Crippen LogP contribution in [0.4, 0.5) is 14.5 Å². The van der Waals surface area contributed by atoms with Crippen LogP contribution in [0.15, 0.2) is 39.8 Å². The van der Waals surface area contributed by atoms with Gasteiger partial charge in [0, 0.05) is 10.7 Å². The Morgan fingerprint density at radius 3 is 2.30 bits per heavy atom. The number of aromatic nitrogens is 1. The summed E-state index contributed by atoms with van der Waals surface area (Å²) in [6, 6.07) is 4.32. The minimum Gasteiger partial charge on any atom is -0.274 e. The van der Waals surface area contributed by atoms with Crippen molar-refractivity contribution in [3.8, 4) is 0 Å². The van der Waals surface area contributed by atoms with Crippen LogP contribution < -0.4 is 4.72 Å². The number of benzene rings is 1. The molecule has 0 atom stereocenters. The summed E-state index contributed by atoms with van der Waals surface area (Å²) in [5.74, 6) is -2.08. The Kier molecular flexibility index (Phi) is 4.26. The van der Waals surface area contributed by atoms with Gasteiger partial charge >= 0.3 is 0 Å². The molecule has 2 aromatic rings. The second kappa shape index (κ2) is 5.63. The van der Waals surface area contributed by atoms with Crippen LogP contribution in [0.3, 0.4) is 0 Å². The van der Waals surface area contributed by atoms with E-state index in [1.54, 1.807) is 0 Å². The molecule has 0 bridgehead atoms. The van der Waals surface area contributed by atoms with Gasteiger partial charge in [0.05, 0.1) is 0 Å². The molecule has 20 heavy (non-hydrogen) atoms. The Balaban J connectivity index is 2.41. The molecule has 1 heterocycles. The van der Waals surface area contributed by atoms with Gasteiger partial charge in [-0.3, -0.25) is 4.72 Å². The second-order valence-electron chi connectivity index (χ2n) is 3.67. The molecule has 0 radical (unpaired) electrons. The van der Waals surface area contributed by atoms with Crippen molar-refractivity contribution in [3.05, 3.63) is 51.7 Å². The molecule has 0 saturated carbocycles. The first kappa shape index (κ1) is 15.1. The Morgan fingerprint density at radius 1 is 1.20 bits per heavy atom. The SMILES string of the molecule is O=S(=O)(Nc1c(F)cc(Br)cc1F)c1ccc(Cl)nc1. The molecular formula is C11H6BrClF2N2O2S. The molecule has 1 N–H and O–H groups in total. The van der Waals surface area contributed by atoms with Gasteiger partial charge in [0.1, 0.15) is 15.7 Å². The van der Waals surface area contributed by atoms with E-state index in [0.29, 0.717) is 0 Å². The molecule has 2 rings (SSSR count). The summed E-state index contributed by atoms with van der Waals surface area (Å²) in [7, 11) is -4.15. The molecule has 0 saturated heterocycles. The highest BCUT2D eigenvalue weighted by molar-refractivity contribution is 9.10. The van der Waals surface area contributed by atoms with Gasteiger partial charge in [0.25, 0.3) is 10.0 Å². The standard InChI is InChI=1S/C11H6BrClF2N2O2S/c12-6-3-8(14)11(9(15)4-6)17-20(18,19)7-1-2-10(13)16-5-7/h1-5,17H. The van der Waals surface area contributed by atoms with E-state index in [1.165, 1.54) is 12.1 Å². The average Bonchev–Trinajstić information content (AvgIpc) is 2.34. The highest BCUT2D eigenvalue weighted by Gasteiger charge is 2.20. The van der Waals surface area contributed by atoms with E-state index in [4.69, 9.17) is 11.6 Å². The first-order valence-corrected chi connectivity index (χ1v) is 7.74. The fourth-order valence-electron chi connectivity index (χ4n) is 1.35. The maximum atomic E-state index is 13.6. The fraction of sp³-hybridized carbons (Fsp3) is 0. The molecule has 0 aliphatic heterocycles. The molecule has 1 aromatic carbocycles. The van der Waals surface area contributed by atoms with E-state index < -0.39 is 27.3 Å². The van der Waals surface area contributed by atoms with Crippen LogP contribution in [-0.4, -0.2) is 13.4 Å². The van der Waals surface area contributed by atoms with Gasteiger partial charge in [-0.2, -0.15) is 0 Å². The zero-order chi connectivity index (χ0) is 14.9. The van der Waals surface area contributed by atoms with Crippen LogP contribution in [0.25, 0.3) is 0 Å². The molecule has 0 aliphatic rings. The van der Waals surface area contributed by atoms with Crippen LogP contribution >= 0.6 is 27.5 Å². The second-order valence-corrected chi connectivity index (χ2v) is 6.65. The van der Waals surface area contributed by atoms with E-state index in [9.17, 15) is 17.2 Å². The third kappa shape index (κ3) is 3.25. The summed E-state index contributed by atoms with van der Waals surface area (Å²) in [5, 5.41) is 0.102. The van der Waals surface area contributed by atoms with Crippen molar-refractivity contribution in [3.63, 3.8) is 0 Å². The lowest BCUT2D eigenvalue weighted by molar-refractivity contribution is 0.581. The Hall–Kier alpha value is -1.25. The smallest absolute Gasteiger partial charge is 0.263 e. The molecular weight excluding hydrogens is 378 g/mol. The molecule has 0 amide bonds. The van der Waals surface area contributed by atoms with Crippen LogP contribution in [0.5, 0.6) is 0 Å². The van der Waals surface area contributed by atoms with Gasteiger partial charge in [0.2, 0.25) is 0 Å². The predicted molar refractivity (Wildman–Crippen MR) is 74.1 cm³/mol. The molecule has 0 fully saturated rings. The minimum atomic E-state index is -4.15. The van der Waals surface area contributed by atoms with Gasteiger partial charge in [0.15, 0.2) is 11.6 Å². The van der Waals surface area contributed by atoms with Crippen molar-refractivity contribution in [2.75, 3.05) is 4.72 Å². The summed E-state index contributed by atoms with van der Waals surface area (Å²) in [4.78, 5) is 3.34. The summed E-state index contributed by atoms with van der Waals surface area (Å²) < 4.78 is 53.1. The number of anilines is 1. The average molecular weight is 384 g/mol. The van der Waals surface area contributed by atoms with Gasteiger partial charge < -0.3 is 0 Å². The number of hydrogen-bond donors (Lipinski definition) is 1. The Bertz CT molecular complexity index is 731. The van der Waals surface area contributed by atoms with Crippen LogP contribution in [0, 0.1) is 11.6 Å². The van der Waals surface area contributed by atoms with E-state index in [2.05, 4.69) is 20.9 Å². The lowest BCUT2D eigenvalue weighted by atomic mass is 10.3. The number of sulfonamides is 1. The van der Waals surface area contributed by atoms with Gasteiger partial charge in [-0.15, -0.1) is 0 Å². The van der Waals surface area contributed by atoms with Crippen molar-refractivity contribution in [1.82, 2.24) is 4.98 Å². The highest BCUT2D eigenvalue weighted by Crippen LogP contribution is 2.26. The first-order chi connectivity index (χ1) is 9.29. The van der Waals surface area contributed by atoms with E-state index in [1.807, 2.05) is 4.72 Å². The van der Waals surface area contributed by atoms with Crippen LogP contribution in [0.1, 0.15) is 0 Å². The topological polar surface area (TPSA) is 59.1 Å². The fourth-order valence-corrected chi connectivity index (χ4v) is 2.89. The van der Waals surface area contributed by atoms with E-state index >= 15 is 0 Å². The maximum absolute atomic E-state index is 13.6. The molecule has 0 unspecified atom stereocenters. The molecule has 4 nitrogen and oxygen atoms in total. The molecule has 9 heteroatoms. The van der Waals surface area contributed by atoms with Gasteiger partial charge in [-0.1, -0.05) is 27.5 Å². The van der Waals surface area contributed by atoms with Gasteiger partial charge in [-0.05, 0) is 24.3 Å². The molecule has 0 spiro atoms. The molecule has 0 aliphatic carbocycles. The third-order valence-electron chi connectivity index (χ3n) is 2.25. The normalized spacial score (nSPS) is 11.4. The highest BCUT2D eigenvalue weighted by atomic mass is 79.9. The van der Waals surface area contributed by atoms with E-state index in [0.717, 1.165) is 18.3 Å². The number of pyridine rings is 1. The van der Waals surface area contributed by atoms with Crippen LogP contribution in [-0.2, 0) is 10.0 Å². The largest absolute Gasteiger partial charge is 0.274 e. The quantitative estimate of drug-likeness (QED) is 0.824. The lowest BCUT2D eigenvalue weighted by Gasteiger charge is -2.10.